The lowest BCUT2D eigenvalue weighted by Gasteiger charge is -2.10. The van der Waals surface area contributed by atoms with E-state index in [1.54, 1.807) is 0 Å². The van der Waals surface area contributed by atoms with Gasteiger partial charge in [0, 0.05) is 10.2 Å². The predicted octanol–water partition coefficient (Wildman–Crippen LogP) is 3.91. The molecule has 4 nitrogen and oxygen atoms in total. The van der Waals surface area contributed by atoms with Gasteiger partial charge in [-0.2, -0.15) is 0 Å². The number of furan rings is 1. The monoisotopic (exact) mass is 323 g/mol. The van der Waals surface area contributed by atoms with Crippen molar-refractivity contribution in [3.63, 3.8) is 0 Å². The van der Waals surface area contributed by atoms with Crippen LogP contribution in [0.2, 0.25) is 0 Å². The van der Waals surface area contributed by atoms with E-state index in [1.165, 1.54) is 12.3 Å². The van der Waals surface area contributed by atoms with Gasteiger partial charge >= 0.3 is 5.97 Å². The Morgan fingerprint density at radius 3 is 2.89 bits per heavy atom. The highest BCUT2D eigenvalue weighted by Gasteiger charge is 2.13. The summed E-state index contributed by atoms with van der Waals surface area (Å²) in [5.41, 5.74) is 2.35. The molecular weight excluding hydrogens is 310 g/mol. The number of rotatable bonds is 5. The third-order valence-electron chi connectivity index (χ3n) is 2.86. The number of benzene rings is 1. The van der Waals surface area contributed by atoms with Crippen LogP contribution in [-0.2, 0) is 13.0 Å². The van der Waals surface area contributed by atoms with E-state index >= 15 is 0 Å². The molecule has 0 aliphatic rings. The molecule has 1 aromatic carbocycles. The Morgan fingerprint density at radius 1 is 1.42 bits per heavy atom. The molecule has 2 rings (SSSR count). The van der Waals surface area contributed by atoms with E-state index < -0.39 is 5.97 Å². The number of aryl methyl sites for hydroxylation is 1. The third kappa shape index (κ3) is 3.17. The molecule has 0 bridgehead atoms. The summed E-state index contributed by atoms with van der Waals surface area (Å²) in [5.74, 6) is -0.547. The highest BCUT2D eigenvalue weighted by Crippen LogP contribution is 2.22. The number of carboxylic acid groups (broad SMARTS) is 1. The van der Waals surface area contributed by atoms with Crippen LogP contribution in [0.5, 0.6) is 0 Å². The topological polar surface area (TPSA) is 62.5 Å². The molecule has 5 heteroatoms. The highest BCUT2D eigenvalue weighted by molar-refractivity contribution is 9.10. The second-order valence-corrected chi connectivity index (χ2v) is 4.99. The van der Waals surface area contributed by atoms with Crippen LogP contribution in [0.4, 0.5) is 5.69 Å². The normalized spacial score (nSPS) is 10.4. The molecule has 0 spiro atoms. The first kappa shape index (κ1) is 13.7. The Bertz CT molecular complexity index is 592. The summed E-state index contributed by atoms with van der Waals surface area (Å²) in [6, 6.07) is 7.41. The maximum atomic E-state index is 11.0. The summed E-state index contributed by atoms with van der Waals surface area (Å²) in [6.45, 7) is 2.42. The Morgan fingerprint density at radius 2 is 2.21 bits per heavy atom. The van der Waals surface area contributed by atoms with Crippen LogP contribution in [0, 0.1) is 0 Å². The predicted molar refractivity (Wildman–Crippen MR) is 76.5 cm³/mol. The van der Waals surface area contributed by atoms with Gasteiger partial charge in [-0.1, -0.05) is 22.9 Å². The molecule has 0 aliphatic carbocycles. The quantitative estimate of drug-likeness (QED) is 0.875. The van der Waals surface area contributed by atoms with E-state index in [9.17, 15) is 4.79 Å². The summed E-state index contributed by atoms with van der Waals surface area (Å²) < 4.78 is 6.22. The first-order valence-electron chi connectivity index (χ1n) is 5.93. The second-order valence-electron chi connectivity index (χ2n) is 4.07. The van der Waals surface area contributed by atoms with Crippen LogP contribution in [-0.4, -0.2) is 11.1 Å². The molecule has 19 heavy (non-hydrogen) atoms. The van der Waals surface area contributed by atoms with E-state index in [0.29, 0.717) is 12.3 Å². The maximum Gasteiger partial charge on any atom is 0.339 e. The van der Waals surface area contributed by atoms with E-state index in [-0.39, 0.29) is 5.56 Å². The zero-order valence-electron chi connectivity index (χ0n) is 10.4. The van der Waals surface area contributed by atoms with Crippen molar-refractivity contribution < 1.29 is 14.3 Å². The number of nitrogens with one attached hydrogen (secondary N) is 1. The fourth-order valence-corrected chi connectivity index (χ4v) is 2.28. The van der Waals surface area contributed by atoms with E-state index in [2.05, 4.69) is 28.2 Å². The molecule has 0 aliphatic heterocycles. The molecule has 0 amide bonds. The minimum absolute atomic E-state index is 0.197. The van der Waals surface area contributed by atoms with Gasteiger partial charge in [0.1, 0.15) is 11.3 Å². The van der Waals surface area contributed by atoms with Crippen molar-refractivity contribution in [2.45, 2.75) is 19.9 Å². The molecular formula is C14H14BrNO3. The van der Waals surface area contributed by atoms with Crippen LogP contribution < -0.4 is 5.32 Å². The number of hydrogen-bond acceptors (Lipinski definition) is 3. The third-order valence-corrected chi connectivity index (χ3v) is 3.36. The largest absolute Gasteiger partial charge is 0.478 e. The van der Waals surface area contributed by atoms with Gasteiger partial charge in [-0.15, -0.1) is 0 Å². The number of anilines is 1. The van der Waals surface area contributed by atoms with Crippen molar-refractivity contribution in [3.05, 3.63) is 51.9 Å². The number of aromatic carboxylic acids is 1. The van der Waals surface area contributed by atoms with Gasteiger partial charge in [-0.25, -0.2) is 4.79 Å². The number of carbonyl (C=O) groups is 1. The first-order chi connectivity index (χ1) is 9.11. The van der Waals surface area contributed by atoms with Crippen molar-refractivity contribution in [1.29, 1.82) is 0 Å². The lowest BCUT2D eigenvalue weighted by Crippen LogP contribution is -2.06. The molecule has 1 aromatic heterocycles. The fourth-order valence-electron chi connectivity index (χ4n) is 1.87. The average Bonchev–Trinajstić information content (AvgIpc) is 2.85. The molecule has 0 saturated carbocycles. The Balaban J connectivity index is 2.14. The molecule has 2 N–H and O–H groups in total. The van der Waals surface area contributed by atoms with Crippen molar-refractivity contribution in [2.24, 2.45) is 0 Å². The van der Waals surface area contributed by atoms with Crippen LogP contribution >= 0.6 is 15.9 Å². The van der Waals surface area contributed by atoms with Gasteiger partial charge in [-0.3, -0.25) is 0 Å². The van der Waals surface area contributed by atoms with Gasteiger partial charge in [-0.05, 0) is 36.2 Å². The summed E-state index contributed by atoms with van der Waals surface area (Å²) in [5, 5.41) is 12.2. The molecule has 2 aromatic rings. The zero-order chi connectivity index (χ0) is 13.8. The zero-order valence-corrected chi connectivity index (χ0v) is 12.0. The average molecular weight is 324 g/mol. The summed E-state index contributed by atoms with van der Waals surface area (Å²) >= 11 is 3.43. The van der Waals surface area contributed by atoms with Gasteiger partial charge in [0.05, 0.1) is 12.8 Å². The number of hydrogen-bond donors (Lipinski definition) is 2. The molecule has 0 atom stereocenters. The Labute approximate surface area is 119 Å². The summed E-state index contributed by atoms with van der Waals surface area (Å²) in [7, 11) is 0. The minimum atomic E-state index is -0.975. The second kappa shape index (κ2) is 5.93. The number of halogens is 1. The van der Waals surface area contributed by atoms with Crippen molar-refractivity contribution >= 4 is 27.6 Å². The Kier molecular flexibility index (Phi) is 4.27. The summed E-state index contributed by atoms with van der Waals surface area (Å²) in [4.78, 5) is 11.0. The SMILES string of the molecule is CCc1cc(Br)ccc1NCc1occc1C(=O)O. The Hall–Kier alpha value is -1.75. The smallest absolute Gasteiger partial charge is 0.339 e. The standard InChI is InChI=1S/C14H14BrNO3/c1-2-9-7-10(15)3-4-12(9)16-8-13-11(14(17)18)5-6-19-13/h3-7,16H,2,8H2,1H3,(H,17,18). The van der Waals surface area contributed by atoms with E-state index in [1.807, 2.05) is 18.2 Å². The fraction of sp³-hybridized carbons (Fsp3) is 0.214. The van der Waals surface area contributed by atoms with Crippen LogP contribution in [0.1, 0.15) is 28.6 Å². The maximum absolute atomic E-state index is 11.0. The molecule has 0 unspecified atom stereocenters. The van der Waals surface area contributed by atoms with Crippen molar-refractivity contribution in [1.82, 2.24) is 0 Å². The van der Waals surface area contributed by atoms with E-state index in [0.717, 1.165) is 22.1 Å². The molecule has 0 radical (unpaired) electrons. The summed E-state index contributed by atoms with van der Waals surface area (Å²) in [6.07, 6.45) is 2.29. The van der Waals surface area contributed by atoms with Gasteiger partial charge in [0.2, 0.25) is 0 Å². The van der Waals surface area contributed by atoms with Gasteiger partial charge in [0.15, 0.2) is 0 Å². The lowest BCUT2D eigenvalue weighted by molar-refractivity contribution is 0.0694. The highest BCUT2D eigenvalue weighted by atomic mass is 79.9. The number of carboxylic acids is 1. The van der Waals surface area contributed by atoms with Crippen molar-refractivity contribution in [3.8, 4) is 0 Å². The lowest BCUT2D eigenvalue weighted by atomic mass is 10.1. The van der Waals surface area contributed by atoms with Gasteiger partial charge < -0.3 is 14.8 Å². The molecule has 0 saturated heterocycles. The van der Waals surface area contributed by atoms with E-state index in [4.69, 9.17) is 9.52 Å². The van der Waals surface area contributed by atoms with Crippen molar-refractivity contribution in [2.75, 3.05) is 5.32 Å². The molecule has 1 heterocycles. The molecule has 0 fully saturated rings. The first-order valence-corrected chi connectivity index (χ1v) is 6.73. The van der Waals surface area contributed by atoms with Crippen LogP contribution in [0.25, 0.3) is 0 Å². The van der Waals surface area contributed by atoms with Crippen LogP contribution in [0.15, 0.2) is 39.4 Å². The minimum Gasteiger partial charge on any atom is -0.478 e. The van der Waals surface area contributed by atoms with Gasteiger partial charge in [0.25, 0.3) is 0 Å². The van der Waals surface area contributed by atoms with Crippen LogP contribution in [0.3, 0.4) is 0 Å². The molecule has 100 valence electrons.